The Bertz CT molecular complexity index is 538. The van der Waals surface area contributed by atoms with Crippen LogP contribution >= 0.6 is 0 Å². The molecular weight excluding hydrogens is 226 g/mol. The highest BCUT2D eigenvalue weighted by atomic mass is 15.3. The van der Waals surface area contributed by atoms with Gasteiger partial charge in [-0.3, -0.25) is 9.78 Å². The molecule has 0 aliphatic heterocycles. The first-order chi connectivity index (χ1) is 8.50. The molecule has 1 unspecified atom stereocenters. The van der Waals surface area contributed by atoms with Crippen molar-refractivity contribution in [3.05, 3.63) is 34.4 Å². The first-order valence-electron chi connectivity index (χ1n) is 6.23. The zero-order valence-corrected chi connectivity index (χ0v) is 11.7. The van der Waals surface area contributed by atoms with Crippen molar-refractivity contribution in [2.75, 3.05) is 0 Å². The van der Waals surface area contributed by atoms with Crippen LogP contribution in [0.2, 0.25) is 0 Å². The van der Waals surface area contributed by atoms with Crippen molar-refractivity contribution < 1.29 is 0 Å². The minimum atomic E-state index is 0.285. The molecule has 0 aliphatic rings. The number of nitrogens with one attached hydrogen (secondary N) is 2. The molecule has 1 atom stereocenters. The van der Waals surface area contributed by atoms with E-state index < -0.39 is 0 Å². The highest BCUT2D eigenvalue weighted by Gasteiger charge is 2.16. The Morgan fingerprint density at radius 1 is 1.39 bits per heavy atom. The van der Waals surface area contributed by atoms with Crippen molar-refractivity contribution >= 4 is 0 Å². The lowest BCUT2D eigenvalue weighted by molar-refractivity contribution is 0.567. The Labute approximate surface area is 108 Å². The first-order valence-corrected chi connectivity index (χ1v) is 6.23. The van der Waals surface area contributed by atoms with E-state index in [1.807, 2.05) is 24.9 Å². The Kier molecular flexibility index (Phi) is 3.52. The second-order valence-corrected chi connectivity index (χ2v) is 4.83. The number of hydrogen-bond donors (Lipinski definition) is 2. The predicted octanol–water partition coefficient (Wildman–Crippen LogP) is 1.92. The molecule has 2 N–H and O–H groups in total. The molecule has 5 nitrogen and oxygen atoms in total. The lowest BCUT2D eigenvalue weighted by Gasteiger charge is -2.14. The summed E-state index contributed by atoms with van der Waals surface area (Å²) in [6.07, 6.45) is 1.87. The Morgan fingerprint density at radius 2 is 2.11 bits per heavy atom. The maximum absolute atomic E-state index is 4.45. The molecule has 2 rings (SSSR count). The Morgan fingerprint density at radius 3 is 2.61 bits per heavy atom. The fourth-order valence-corrected chi connectivity index (χ4v) is 2.34. The SMILES string of the molecule is Cc1nn(C)c(C)c1C(C)NCc1cn[nH]c1C. The van der Waals surface area contributed by atoms with Crippen LogP contribution in [-0.4, -0.2) is 20.0 Å². The molecule has 0 aromatic carbocycles. The van der Waals surface area contributed by atoms with Crippen molar-refractivity contribution in [1.82, 2.24) is 25.3 Å². The van der Waals surface area contributed by atoms with Crippen molar-refractivity contribution in [1.29, 1.82) is 0 Å². The highest BCUT2D eigenvalue weighted by molar-refractivity contribution is 5.28. The number of H-pyrrole nitrogens is 1. The van der Waals surface area contributed by atoms with E-state index in [1.165, 1.54) is 16.8 Å². The van der Waals surface area contributed by atoms with E-state index in [-0.39, 0.29) is 6.04 Å². The lowest BCUT2D eigenvalue weighted by Crippen LogP contribution is -2.19. The molecule has 2 aromatic rings. The van der Waals surface area contributed by atoms with Crippen LogP contribution in [0, 0.1) is 20.8 Å². The van der Waals surface area contributed by atoms with Gasteiger partial charge in [0.15, 0.2) is 0 Å². The van der Waals surface area contributed by atoms with Crippen molar-refractivity contribution in [3.63, 3.8) is 0 Å². The van der Waals surface area contributed by atoms with E-state index >= 15 is 0 Å². The third-order valence-electron chi connectivity index (χ3n) is 3.53. The molecule has 5 heteroatoms. The fourth-order valence-electron chi connectivity index (χ4n) is 2.34. The normalized spacial score (nSPS) is 12.9. The smallest absolute Gasteiger partial charge is 0.0644 e. The largest absolute Gasteiger partial charge is 0.306 e. The molecular formula is C13H21N5. The molecule has 0 saturated heterocycles. The molecule has 0 radical (unpaired) electrons. The van der Waals surface area contributed by atoms with Crippen LogP contribution in [0.5, 0.6) is 0 Å². The second-order valence-electron chi connectivity index (χ2n) is 4.83. The first kappa shape index (κ1) is 12.8. The van der Waals surface area contributed by atoms with Gasteiger partial charge >= 0.3 is 0 Å². The van der Waals surface area contributed by atoms with Crippen molar-refractivity contribution in [2.45, 2.75) is 40.3 Å². The number of aryl methyl sites for hydroxylation is 3. The number of aromatic nitrogens is 4. The topological polar surface area (TPSA) is 58.5 Å². The van der Waals surface area contributed by atoms with Gasteiger partial charge in [-0.15, -0.1) is 0 Å². The summed E-state index contributed by atoms with van der Waals surface area (Å²) in [6, 6.07) is 0.285. The molecule has 0 spiro atoms. The summed E-state index contributed by atoms with van der Waals surface area (Å²) in [7, 11) is 1.98. The van der Waals surface area contributed by atoms with Gasteiger partial charge in [-0.25, -0.2) is 0 Å². The predicted molar refractivity (Wildman–Crippen MR) is 71.3 cm³/mol. The number of aromatic amines is 1. The molecule has 0 fully saturated rings. The molecule has 98 valence electrons. The standard InChI is InChI=1S/C13H21N5/c1-8-12(7-15-16-8)6-14-9(2)13-10(3)17-18(5)11(13)4/h7,9,14H,6H2,1-5H3,(H,15,16). The molecule has 0 saturated carbocycles. The zero-order valence-electron chi connectivity index (χ0n) is 11.7. The summed E-state index contributed by atoms with van der Waals surface area (Å²) in [5.74, 6) is 0. The Balaban J connectivity index is 2.08. The van der Waals surface area contributed by atoms with Crippen molar-refractivity contribution in [2.24, 2.45) is 7.05 Å². The van der Waals surface area contributed by atoms with E-state index in [2.05, 4.69) is 41.4 Å². The van der Waals surface area contributed by atoms with E-state index in [0.717, 1.165) is 17.9 Å². The van der Waals surface area contributed by atoms with Gasteiger partial charge in [0.1, 0.15) is 0 Å². The lowest BCUT2D eigenvalue weighted by atomic mass is 10.1. The maximum Gasteiger partial charge on any atom is 0.0644 e. The van der Waals surface area contributed by atoms with Crippen LogP contribution in [0.15, 0.2) is 6.20 Å². The molecule has 0 aliphatic carbocycles. The summed E-state index contributed by atoms with van der Waals surface area (Å²) < 4.78 is 1.94. The van der Waals surface area contributed by atoms with Crippen LogP contribution < -0.4 is 5.32 Å². The van der Waals surface area contributed by atoms with Gasteiger partial charge < -0.3 is 5.32 Å². The van der Waals surface area contributed by atoms with E-state index in [0.29, 0.717) is 0 Å². The fraction of sp³-hybridized carbons (Fsp3) is 0.538. The van der Waals surface area contributed by atoms with E-state index in [1.54, 1.807) is 0 Å². The number of rotatable bonds is 4. The van der Waals surface area contributed by atoms with Gasteiger partial charge in [0.05, 0.1) is 11.9 Å². The van der Waals surface area contributed by atoms with Crippen LogP contribution in [0.4, 0.5) is 0 Å². The van der Waals surface area contributed by atoms with E-state index in [4.69, 9.17) is 0 Å². The van der Waals surface area contributed by atoms with E-state index in [9.17, 15) is 0 Å². The van der Waals surface area contributed by atoms with Gasteiger partial charge in [-0.05, 0) is 27.7 Å². The average molecular weight is 247 g/mol. The summed E-state index contributed by atoms with van der Waals surface area (Å²) in [6.45, 7) is 9.19. The zero-order chi connectivity index (χ0) is 13.3. The van der Waals surface area contributed by atoms with Crippen LogP contribution in [0.25, 0.3) is 0 Å². The molecule has 2 aromatic heterocycles. The highest BCUT2D eigenvalue weighted by Crippen LogP contribution is 2.21. The second kappa shape index (κ2) is 4.94. The summed E-state index contributed by atoms with van der Waals surface area (Å²) in [4.78, 5) is 0. The molecule has 18 heavy (non-hydrogen) atoms. The van der Waals surface area contributed by atoms with Crippen molar-refractivity contribution in [3.8, 4) is 0 Å². The minimum Gasteiger partial charge on any atom is -0.306 e. The maximum atomic E-state index is 4.45. The molecule has 0 amide bonds. The van der Waals surface area contributed by atoms with Crippen LogP contribution in [0.3, 0.4) is 0 Å². The molecule has 0 bridgehead atoms. The van der Waals surface area contributed by atoms with Gasteiger partial charge in [-0.1, -0.05) is 0 Å². The van der Waals surface area contributed by atoms with Gasteiger partial charge in [-0.2, -0.15) is 10.2 Å². The third-order valence-corrected chi connectivity index (χ3v) is 3.53. The number of nitrogens with zero attached hydrogens (tertiary/aromatic N) is 3. The Hall–Kier alpha value is -1.62. The number of hydrogen-bond acceptors (Lipinski definition) is 3. The average Bonchev–Trinajstić information content (AvgIpc) is 2.81. The minimum absolute atomic E-state index is 0.285. The van der Waals surface area contributed by atoms with Crippen LogP contribution in [-0.2, 0) is 13.6 Å². The van der Waals surface area contributed by atoms with Gasteiger partial charge in [0.25, 0.3) is 0 Å². The van der Waals surface area contributed by atoms with Gasteiger partial charge in [0.2, 0.25) is 0 Å². The summed E-state index contributed by atoms with van der Waals surface area (Å²) in [5, 5.41) is 15.0. The summed E-state index contributed by atoms with van der Waals surface area (Å²) >= 11 is 0. The van der Waals surface area contributed by atoms with Crippen LogP contribution in [0.1, 0.15) is 41.2 Å². The quantitative estimate of drug-likeness (QED) is 0.867. The summed E-state index contributed by atoms with van der Waals surface area (Å²) in [5.41, 5.74) is 5.93. The van der Waals surface area contributed by atoms with Gasteiger partial charge in [0, 0.05) is 42.1 Å². The molecule has 2 heterocycles. The third kappa shape index (κ3) is 2.31. The monoisotopic (exact) mass is 247 g/mol.